The number of benzene rings is 2. The molecule has 0 aliphatic heterocycles. The number of aromatic nitrogens is 1. The van der Waals surface area contributed by atoms with E-state index in [1.165, 1.54) is 0 Å². The highest BCUT2D eigenvalue weighted by Crippen LogP contribution is 2.25. The lowest BCUT2D eigenvalue weighted by molar-refractivity contribution is 0.102. The highest BCUT2D eigenvalue weighted by molar-refractivity contribution is 7.18. The molecule has 3 rings (SSSR count). The van der Waals surface area contributed by atoms with Crippen LogP contribution in [-0.2, 0) is 0 Å². The van der Waals surface area contributed by atoms with E-state index in [-0.39, 0.29) is 5.91 Å². The molecule has 0 spiro atoms. The molecule has 6 heteroatoms. The summed E-state index contributed by atoms with van der Waals surface area (Å²) in [5, 5.41) is 4.30. The van der Waals surface area contributed by atoms with Crippen molar-refractivity contribution in [2.24, 2.45) is 0 Å². The third kappa shape index (κ3) is 2.84. The third-order valence-corrected chi connectivity index (χ3v) is 4.18. The average molecular weight is 318 g/mol. The van der Waals surface area contributed by atoms with Crippen molar-refractivity contribution in [1.82, 2.24) is 4.98 Å². The summed E-state index contributed by atoms with van der Waals surface area (Å²) in [4.78, 5) is 16.7. The zero-order valence-corrected chi connectivity index (χ0v) is 12.8. The van der Waals surface area contributed by atoms with E-state index in [2.05, 4.69) is 10.3 Å². The van der Waals surface area contributed by atoms with Gasteiger partial charge in [-0.1, -0.05) is 11.6 Å². The van der Waals surface area contributed by atoms with Gasteiger partial charge in [0.25, 0.3) is 5.91 Å². The number of carbonyl (C=O) groups excluding carboxylic acids is 1. The number of aryl methyl sites for hydroxylation is 1. The first-order valence-corrected chi connectivity index (χ1v) is 7.46. The van der Waals surface area contributed by atoms with Gasteiger partial charge in [0.15, 0.2) is 0 Å². The molecule has 21 heavy (non-hydrogen) atoms. The number of hydrogen-bond acceptors (Lipinski definition) is 4. The van der Waals surface area contributed by atoms with Crippen LogP contribution < -0.4 is 11.1 Å². The molecule has 0 bridgehead atoms. The Kier molecular flexibility index (Phi) is 3.53. The normalized spacial score (nSPS) is 10.8. The predicted octanol–water partition coefficient (Wildman–Crippen LogP) is 4.09. The molecule has 3 aromatic rings. The Hall–Kier alpha value is -2.11. The van der Waals surface area contributed by atoms with E-state index in [1.807, 2.05) is 25.1 Å². The number of thiazole rings is 1. The van der Waals surface area contributed by atoms with E-state index in [9.17, 15) is 4.79 Å². The van der Waals surface area contributed by atoms with Crippen LogP contribution in [0, 0.1) is 6.92 Å². The van der Waals surface area contributed by atoms with Crippen LogP contribution in [0.5, 0.6) is 0 Å². The number of nitrogen functional groups attached to an aromatic ring is 1. The molecular formula is C15H12ClN3OS. The summed E-state index contributed by atoms with van der Waals surface area (Å²) in [7, 11) is 0. The Morgan fingerprint density at radius 2 is 2.10 bits per heavy atom. The lowest BCUT2D eigenvalue weighted by Gasteiger charge is -2.08. The van der Waals surface area contributed by atoms with Gasteiger partial charge in [-0.2, -0.15) is 0 Å². The van der Waals surface area contributed by atoms with Crippen molar-refractivity contribution >= 4 is 50.4 Å². The van der Waals surface area contributed by atoms with Gasteiger partial charge in [0.1, 0.15) is 0 Å². The smallest absolute Gasteiger partial charge is 0.257 e. The quantitative estimate of drug-likeness (QED) is 0.699. The maximum Gasteiger partial charge on any atom is 0.257 e. The molecule has 0 unspecified atom stereocenters. The molecule has 1 heterocycles. The molecule has 1 aromatic heterocycles. The molecular weight excluding hydrogens is 306 g/mol. The average Bonchev–Trinajstić information content (AvgIpc) is 2.80. The minimum Gasteiger partial charge on any atom is -0.398 e. The Bertz CT molecular complexity index is 844. The number of amides is 1. The molecule has 0 atom stereocenters. The Balaban J connectivity index is 1.90. The number of carbonyl (C=O) groups is 1. The third-order valence-electron chi connectivity index (χ3n) is 3.01. The zero-order chi connectivity index (χ0) is 15.0. The molecule has 2 aromatic carbocycles. The van der Waals surface area contributed by atoms with Crippen LogP contribution in [0.3, 0.4) is 0 Å². The topological polar surface area (TPSA) is 68.0 Å². The number of fused-ring (bicyclic) bond motifs is 1. The summed E-state index contributed by atoms with van der Waals surface area (Å²) >= 11 is 7.49. The maximum atomic E-state index is 12.3. The van der Waals surface area contributed by atoms with Gasteiger partial charge in [-0.25, -0.2) is 4.98 Å². The highest BCUT2D eigenvalue weighted by atomic mass is 35.5. The first-order chi connectivity index (χ1) is 10.0. The number of nitrogens with one attached hydrogen (secondary N) is 1. The number of halogens is 1. The SMILES string of the molecule is Cc1nc2ccc(NC(=O)c3cc(Cl)ccc3N)cc2s1. The van der Waals surface area contributed by atoms with Gasteiger partial charge < -0.3 is 11.1 Å². The van der Waals surface area contributed by atoms with Crippen molar-refractivity contribution in [3.05, 3.63) is 52.0 Å². The van der Waals surface area contributed by atoms with E-state index in [1.54, 1.807) is 29.5 Å². The van der Waals surface area contributed by atoms with Crippen LogP contribution in [0.4, 0.5) is 11.4 Å². The lowest BCUT2D eigenvalue weighted by Crippen LogP contribution is -2.13. The molecule has 1 amide bonds. The Morgan fingerprint density at radius 3 is 2.90 bits per heavy atom. The maximum absolute atomic E-state index is 12.3. The highest BCUT2D eigenvalue weighted by Gasteiger charge is 2.11. The van der Waals surface area contributed by atoms with E-state index < -0.39 is 0 Å². The molecule has 0 radical (unpaired) electrons. The first kappa shape index (κ1) is 13.9. The molecule has 0 aliphatic carbocycles. The minimum atomic E-state index is -0.282. The van der Waals surface area contributed by atoms with Gasteiger partial charge in [-0.3, -0.25) is 4.79 Å². The van der Waals surface area contributed by atoms with Crippen LogP contribution in [0.25, 0.3) is 10.2 Å². The van der Waals surface area contributed by atoms with Crippen LogP contribution in [0.15, 0.2) is 36.4 Å². The minimum absolute atomic E-state index is 0.282. The number of hydrogen-bond donors (Lipinski definition) is 2. The van der Waals surface area contributed by atoms with Gasteiger partial charge in [0.05, 0.1) is 20.8 Å². The van der Waals surface area contributed by atoms with Gasteiger partial charge >= 0.3 is 0 Å². The summed E-state index contributed by atoms with van der Waals surface area (Å²) in [6.45, 7) is 1.95. The predicted molar refractivity (Wildman–Crippen MR) is 88.2 cm³/mol. The van der Waals surface area contributed by atoms with E-state index >= 15 is 0 Å². The Labute approximate surface area is 130 Å². The molecule has 0 saturated carbocycles. The molecule has 106 valence electrons. The second-order valence-corrected chi connectivity index (χ2v) is 6.27. The van der Waals surface area contributed by atoms with Crippen molar-refractivity contribution in [3.8, 4) is 0 Å². The fraction of sp³-hybridized carbons (Fsp3) is 0.0667. The van der Waals surface area contributed by atoms with Crippen molar-refractivity contribution in [2.45, 2.75) is 6.92 Å². The van der Waals surface area contributed by atoms with Crippen molar-refractivity contribution in [1.29, 1.82) is 0 Å². The van der Waals surface area contributed by atoms with E-state index in [0.717, 1.165) is 15.2 Å². The molecule has 3 N–H and O–H groups in total. The monoisotopic (exact) mass is 317 g/mol. The zero-order valence-electron chi connectivity index (χ0n) is 11.2. The first-order valence-electron chi connectivity index (χ1n) is 6.26. The molecule has 0 aliphatic rings. The van der Waals surface area contributed by atoms with Crippen LogP contribution in [0.2, 0.25) is 5.02 Å². The summed E-state index contributed by atoms with van der Waals surface area (Å²) in [6.07, 6.45) is 0. The van der Waals surface area contributed by atoms with Crippen LogP contribution >= 0.6 is 22.9 Å². The van der Waals surface area contributed by atoms with Crippen molar-refractivity contribution < 1.29 is 4.79 Å². The summed E-state index contributed by atoms with van der Waals surface area (Å²) in [5.41, 5.74) is 8.20. The second-order valence-electron chi connectivity index (χ2n) is 4.60. The number of anilines is 2. The fourth-order valence-electron chi connectivity index (χ4n) is 2.04. The number of nitrogens with zero attached hydrogens (tertiary/aromatic N) is 1. The Morgan fingerprint density at radius 1 is 1.29 bits per heavy atom. The van der Waals surface area contributed by atoms with Gasteiger partial charge in [-0.05, 0) is 43.3 Å². The van der Waals surface area contributed by atoms with E-state index in [4.69, 9.17) is 17.3 Å². The van der Waals surface area contributed by atoms with Gasteiger partial charge in [0.2, 0.25) is 0 Å². The number of rotatable bonds is 2. The molecule has 4 nitrogen and oxygen atoms in total. The summed E-state index contributed by atoms with van der Waals surface area (Å²) in [5.74, 6) is -0.282. The van der Waals surface area contributed by atoms with Crippen molar-refractivity contribution in [3.63, 3.8) is 0 Å². The van der Waals surface area contributed by atoms with E-state index in [0.29, 0.717) is 22.0 Å². The molecule has 0 fully saturated rings. The van der Waals surface area contributed by atoms with Crippen LogP contribution in [-0.4, -0.2) is 10.9 Å². The van der Waals surface area contributed by atoms with Crippen molar-refractivity contribution in [2.75, 3.05) is 11.1 Å². The van der Waals surface area contributed by atoms with Gasteiger partial charge in [0, 0.05) is 16.4 Å². The lowest BCUT2D eigenvalue weighted by atomic mass is 10.1. The second kappa shape index (κ2) is 5.35. The number of nitrogens with two attached hydrogens (primary N) is 1. The molecule has 0 saturated heterocycles. The summed E-state index contributed by atoms with van der Waals surface area (Å²) in [6, 6.07) is 10.4. The van der Waals surface area contributed by atoms with Gasteiger partial charge in [-0.15, -0.1) is 11.3 Å². The standard InChI is InChI=1S/C15H12ClN3OS/c1-8-18-13-5-3-10(7-14(13)21-8)19-15(20)11-6-9(16)2-4-12(11)17/h2-7H,17H2,1H3,(H,19,20). The van der Waals surface area contributed by atoms with Crippen LogP contribution in [0.1, 0.15) is 15.4 Å². The largest absolute Gasteiger partial charge is 0.398 e. The summed E-state index contributed by atoms with van der Waals surface area (Å²) < 4.78 is 1.03. The fourth-order valence-corrected chi connectivity index (χ4v) is 3.08.